The predicted molar refractivity (Wildman–Crippen MR) is 91.7 cm³/mol. The summed E-state index contributed by atoms with van der Waals surface area (Å²) < 4.78 is 28.5. The quantitative estimate of drug-likeness (QED) is 0.723. The third-order valence-electron chi connectivity index (χ3n) is 3.70. The second kappa shape index (κ2) is 9.74. The molecule has 2 aromatic carbocycles. The molecule has 134 valence electrons. The molecule has 2 aromatic rings. The fourth-order valence-electron chi connectivity index (χ4n) is 2.53. The second-order valence-corrected chi connectivity index (χ2v) is 5.92. The summed E-state index contributed by atoms with van der Waals surface area (Å²) in [4.78, 5) is 13.0. The molecular formula is C19H23F2N2O2+. The highest BCUT2D eigenvalue weighted by molar-refractivity contribution is 5.76. The molecule has 2 N–H and O–H groups in total. The van der Waals surface area contributed by atoms with Crippen molar-refractivity contribution in [3.63, 3.8) is 0 Å². The summed E-state index contributed by atoms with van der Waals surface area (Å²) >= 11 is 0. The Kier molecular flexibility index (Phi) is 7.35. The average Bonchev–Trinajstić information content (AvgIpc) is 2.57. The zero-order chi connectivity index (χ0) is 18.1. The van der Waals surface area contributed by atoms with Crippen LogP contribution in [0.3, 0.4) is 0 Å². The molecule has 0 aliphatic rings. The lowest BCUT2D eigenvalue weighted by Crippen LogP contribution is -3.08. The van der Waals surface area contributed by atoms with Gasteiger partial charge in [0.25, 0.3) is 5.91 Å². The molecule has 1 atom stereocenters. The number of quaternary nitrogens is 1. The maximum atomic E-state index is 12.1. The summed E-state index contributed by atoms with van der Waals surface area (Å²) in [6.45, 7) is -1.24. The highest BCUT2D eigenvalue weighted by atomic mass is 19.3. The number of benzene rings is 2. The Hall–Kier alpha value is -2.47. The van der Waals surface area contributed by atoms with E-state index in [-0.39, 0.29) is 11.7 Å². The average molecular weight is 349 g/mol. The molecule has 0 saturated carbocycles. The van der Waals surface area contributed by atoms with Gasteiger partial charge in [0.2, 0.25) is 0 Å². The summed E-state index contributed by atoms with van der Waals surface area (Å²) in [5, 5.41) is 2.92. The number of hydrogen-bond donors (Lipinski definition) is 2. The van der Waals surface area contributed by atoms with Crippen molar-refractivity contribution in [3.05, 3.63) is 65.7 Å². The van der Waals surface area contributed by atoms with Crippen LogP contribution < -0.4 is 15.0 Å². The van der Waals surface area contributed by atoms with Gasteiger partial charge in [-0.1, -0.05) is 30.3 Å². The Labute approximate surface area is 146 Å². The van der Waals surface area contributed by atoms with E-state index in [1.165, 1.54) is 17.7 Å². The number of hydrogen-bond acceptors (Lipinski definition) is 2. The number of alkyl halides is 2. The van der Waals surface area contributed by atoms with E-state index in [2.05, 4.69) is 10.1 Å². The van der Waals surface area contributed by atoms with Crippen molar-refractivity contribution in [2.24, 2.45) is 0 Å². The fraction of sp³-hybridized carbons (Fsp3) is 0.316. The van der Waals surface area contributed by atoms with E-state index < -0.39 is 6.61 Å². The molecule has 0 heterocycles. The molecule has 0 aliphatic heterocycles. The van der Waals surface area contributed by atoms with Crippen LogP contribution in [0, 0.1) is 0 Å². The molecule has 4 nitrogen and oxygen atoms in total. The smallest absolute Gasteiger partial charge is 0.387 e. The van der Waals surface area contributed by atoms with Crippen LogP contribution in [0.4, 0.5) is 8.78 Å². The van der Waals surface area contributed by atoms with Crippen LogP contribution in [0.2, 0.25) is 0 Å². The van der Waals surface area contributed by atoms with Crippen LogP contribution in [0.5, 0.6) is 5.75 Å². The SMILES string of the molecule is C[NH+](CC(=O)NCCc1ccccc1)Cc1ccc(OC(F)F)cc1. The van der Waals surface area contributed by atoms with Gasteiger partial charge in [-0.05, 0) is 36.2 Å². The van der Waals surface area contributed by atoms with Crippen molar-refractivity contribution in [1.82, 2.24) is 5.32 Å². The van der Waals surface area contributed by atoms with Crippen molar-refractivity contribution in [3.8, 4) is 5.75 Å². The van der Waals surface area contributed by atoms with Crippen LogP contribution in [-0.4, -0.2) is 32.7 Å². The summed E-state index contributed by atoms with van der Waals surface area (Å²) in [7, 11) is 1.92. The molecule has 0 saturated heterocycles. The normalized spacial score (nSPS) is 12.0. The van der Waals surface area contributed by atoms with Crippen LogP contribution in [-0.2, 0) is 17.8 Å². The number of rotatable bonds is 9. The van der Waals surface area contributed by atoms with E-state index in [9.17, 15) is 13.6 Å². The van der Waals surface area contributed by atoms with E-state index in [1.807, 2.05) is 37.4 Å². The van der Waals surface area contributed by atoms with Crippen LogP contribution in [0.25, 0.3) is 0 Å². The Morgan fingerprint density at radius 1 is 1.08 bits per heavy atom. The lowest BCUT2D eigenvalue weighted by molar-refractivity contribution is -0.885. The monoisotopic (exact) mass is 349 g/mol. The highest BCUT2D eigenvalue weighted by Crippen LogP contribution is 2.14. The van der Waals surface area contributed by atoms with Gasteiger partial charge in [0, 0.05) is 12.1 Å². The molecule has 1 amide bonds. The summed E-state index contributed by atoms with van der Waals surface area (Å²) in [6, 6.07) is 16.5. The zero-order valence-electron chi connectivity index (χ0n) is 14.2. The first-order chi connectivity index (χ1) is 12.0. The first kappa shape index (κ1) is 18.9. The van der Waals surface area contributed by atoms with Crippen molar-refractivity contribution in [2.45, 2.75) is 19.6 Å². The number of halogens is 2. The van der Waals surface area contributed by atoms with Gasteiger partial charge >= 0.3 is 6.61 Å². The van der Waals surface area contributed by atoms with Gasteiger partial charge in [-0.2, -0.15) is 8.78 Å². The van der Waals surface area contributed by atoms with Gasteiger partial charge in [0.05, 0.1) is 7.05 Å². The maximum Gasteiger partial charge on any atom is 0.387 e. The molecule has 0 aliphatic carbocycles. The Balaban J connectivity index is 1.70. The van der Waals surface area contributed by atoms with E-state index >= 15 is 0 Å². The molecule has 0 bridgehead atoms. The Morgan fingerprint density at radius 3 is 2.40 bits per heavy atom. The van der Waals surface area contributed by atoms with Crippen molar-refractivity contribution in [2.75, 3.05) is 20.1 Å². The molecule has 0 spiro atoms. The van der Waals surface area contributed by atoms with Gasteiger partial charge < -0.3 is 15.0 Å². The summed E-state index contributed by atoms with van der Waals surface area (Å²) in [5.41, 5.74) is 2.14. The Bertz CT molecular complexity index is 648. The maximum absolute atomic E-state index is 12.1. The first-order valence-corrected chi connectivity index (χ1v) is 8.18. The van der Waals surface area contributed by atoms with E-state index in [4.69, 9.17) is 0 Å². The van der Waals surface area contributed by atoms with Gasteiger partial charge in [0.1, 0.15) is 12.3 Å². The number of likely N-dealkylation sites (N-methyl/N-ethyl adjacent to an activating group) is 1. The number of ether oxygens (including phenoxy) is 1. The van der Waals surface area contributed by atoms with E-state index in [0.29, 0.717) is 19.6 Å². The number of carbonyl (C=O) groups excluding carboxylic acids is 1. The predicted octanol–water partition coefficient (Wildman–Crippen LogP) is 1.66. The largest absolute Gasteiger partial charge is 0.435 e. The molecule has 0 fully saturated rings. The lowest BCUT2D eigenvalue weighted by atomic mass is 10.1. The molecule has 25 heavy (non-hydrogen) atoms. The molecular weight excluding hydrogens is 326 g/mol. The number of amides is 1. The molecule has 0 aromatic heterocycles. The van der Waals surface area contributed by atoms with E-state index in [1.54, 1.807) is 12.1 Å². The summed E-state index contributed by atoms with van der Waals surface area (Å²) in [6.07, 6.45) is 0.803. The summed E-state index contributed by atoms with van der Waals surface area (Å²) in [5.74, 6) is 0.126. The van der Waals surface area contributed by atoms with Crippen molar-refractivity contribution < 1.29 is 23.2 Å². The minimum absolute atomic E-state index is 0.00825. The van der Waals surface area contributed by atoms with Gasteiger partial charge in [0.15, 0.2) is 6.54 Å². The highest BCUT2D eigenvalue weighted by Gasteiger charge is 2.11. The third-order valence-corrected chi connectivity index (χ3v) is 3.70. The minimum atomic E-state index is -2.82. The van der Waals surface area contributed by atoms with E-state index in [0.717, 1.165) is 16.9 Å². The molecule has 2 rings (SSSR count). The molecule has 1 unspecified atom stereocenters. The number of carbonyl (C=O) groups is 1. The van der Waals surface area contributed by atoms with Gasteiger partial charge in [-0.15, -0.1) is 0 Å². The van der Waals surface area contributed by atoms with Crippen LogP contribution in [0.15, 0.2) is 54.6 Å². The van der Waals surface area contributed by atoms with Crippen molar-refractivity contribution >= 4 is 5.91 Å². The Morgan fingerprint density at radius 2 is 1.76 bits per heavy atom. The minimum Gasteiger partial charge on any atom is -0.435 e. The van der Waals surface area contributed by atoms with Crippen molar-refractivity contribution in [1.29, 1.82) is 0 Å². The molecule has 6 heteroatoms. The van der Waals surface area contributed by atoms with Crippen LogP contribution >= 0.6 is 0 Å². The number of nitrogens with one attached hydrogen (secondary N) is 2. The van der Waals surface area contributed by atoms with Crippen LogP contribution in [0.1, 0.15) is 11.1 Å². The third kappa shape index (κ3) is 7.30. The standard InChI is InChI=1S/C19H22F2N2O2/c1-23(13-16-7-9-17(10-8-16)25-19(20)21)14-18(24)22-12-11-15-5-3-2-4-6-15/h2-10,19H,11-14H2,1H3,(H,22,24)/p+1. The second-order valence-electron chi connectivity index (χ2n) is 5.92. The van der Waals surface area contributed by atoms with Gasteiger partial charge in [-0.25, -0.2) is 0 Å². The van der Waals surface area contributed by atoms with Gasteiger partial charge in [-0.3, -0.25) is 4.79 Å². The lowest BCUT2D eigenvalue weighted by Gasteiger charge is -2.14. The zero-order valence-corrected chi connectivity index (χ0v) is 14.2. The molecule has 0 radical (unpaired) electrons. The topological polar surface area (TPSA) is 42.8 Å². The first-order valence-electron chi connectivity index (χ1n) is 8.18. The fourth-order valence-corrected chi connectivity index (χ4v) is 2.53.